The van der Waals surface area contributed by atoms with Crippen LogP contribution in [0, 0.1) is 5.92 Å². The van der Waals surface area contributed by atoms with E-state index in [4.69, 9.17) is 10.6 Å². The summed E-state index contributed by atoms with van der Waals surface area (Å²) in [4.78, 5) is 13.6. The first kappa shape index (κ1) is 12.9. The van der Waals surface area contributed by atoms with Crippen molar-refractivity contribution < 1.29 is 9.53 Å². The van der Waals surface area contributed by atoms with Crippen LogP contribution < -0.4 is 16.0 Å². The van der Waals surface area contributed by atoms with Crippen molar-refractivity contribution in [2.75, 3.05) is 19.7 Å². The van der Waals surface area contributed by atoms with E-state index in [-0.39, 0.29) is 11.8 Å². The zero-order valence-corrected chi connectivity index (χ0v) is 10.6. The number of rotatable bonds is 3. The van der Waals surface area contributed by atoms with Crippen LogP contribution in [0.2, 0.25) is 0 Å². The number of para-hydroxylation sites is 1. The lowest BCUT2D eigenvalue weighted by Crippen LogP contribution is -2.40. The minimum absolute atomic E-state index is 0.125. The molecule has 0 saturated carbocycles. The lowest BCUT2D eigenvalue weighted by Gasteiger charge is -2.22. The van der Waals surface area contributed by atoms with Crippen LogP contribution in [0.25, 0.3) is 0 Å². The van der Waals surface area contributed by atoms with Crippen LogP contribution in [0.15, 0.2) is 24.3 Å². The van der Waals surface area contributed by atoms with Crippen LogP contribution in [0.4, 0.5) is 0 Å². The predicted molar refractivity (Wildman–Crippen MR) is 68.7 cm³/mol. The van der Waals surface area contributed by atoms with Gasteiger partial charge in [0.05, 0.1) is 0 Å². The summed E-state index contributed by atoms with van der Waals surface area (Å²) in [6, 6.07) is 8.01. The van der Waals surface area contributed by atoms with Gasteiger partial charge in [-0.2, -0.15) is 0 Å². The summed E-state index contributed by atoms with van der Waals surface area (Å²) in [5.74, 6) is 5.83. The molecule has 0 aliphatic carbocycles. The molecule has 1 amide bonds. The van der Waals surface area contributed by atoms with E-state index >= 15 is 0 Å². The van der Waals surface area contributed by atoms with Crippen LogP contribution in [-0.2, 0) is 11.3 Å². The Balaban J connectivity index is 2.02. The molecule has 1 unspecified atom stereocenters. The highest BCUT2D eigenvalue weighted by molar-refractivity contribution is 5.77. The van der Waals surface area contributed by atoms with Crippen molar-refractivity contribution in [2.24, 2.45) is 11.8 Å². The van der Waals surface area contributed by atoms with Gasteiger partial charge in [0.25, 0.3) is 0 Å². The second-order valence-corrected chi connectivity index (χ2v) is 4.60. The van der Waals surface area contributed by atoms with Gasteiger partial charge < -0.3 is 4.74 Å². The van der Waals surface area contributed by atoms with Gasteiger partial charge in [-0.25, -0.2) is 5.84 Å². The number of benzene rings is 1. The Labute approximate surface area is 107 Å². The van der Waals surface area contributed by atoms with Gasteiger partial charge in [-0.1, -0.05) is 25.1 Å². The van der Waals surface area contributed by atoms with Gasteiger partial charge in [0.15, 0.2) is 0 Å². The Morgan fingerprint density at radius 3 is 3.11 bits per heavy atom. The molecule has 2 rings (SSSR count). The van der Waals surface area contributed by atoms with Crippen LogP contribution in [0.5, 0.6) is 5.75 Å². The van der Waals surface area contributed by atoms with Crippen LogP contribution in [0.1, 0.15) is 12.5 Å². The molecule has 0 fully saturated rings. The van der Waals surface area contributed by atoms with Gasteiger partial charge in [-0.3, -0.25) is 15.1 Å². The largest absolute Gasteiger partial charge is 0.492 e. The summed E-state index contributed by atoms with van der Waals surface area (Å²) in [6.45, 7) is 4.82. The minimum Gasteiger partial charge on any atom is -0.492 e. The third-order valence-corrected chi connectivity index (χ3v) is 3.15. The molecule has 0 spiro atoms. The van der Waals surface area contributed by atoms with Crippen LogP contribution in [-0.4, -0.2) is 30.5 Å². The maximum absolute atomic E-state index is 11.4. The molecule has 98 valence electrons. The van der Waals surface area contributed by atoms with Crippen molar-refractivity contribution in [3.63, 3.8) is 0 Å². The number of nitrogens with two attached hydrogens (primary N) is 1. The van der Waals surface area contributed by atoms with Crippen molar-refractivity contribution in [3.8, 4) is 5.75 Å². The van der Waals surface area contributed by atoms with Crippen LogP contribution in [0.3, 0.4) is 0 Å². The molecule has 1 aliphatic rings. The summed E-state index contributed by atoms with van der Waals surface area (Å²) in [5, 5.41) is 0. The Bertz CT molecular complexity index is 422. The molecule has 0 bridgehead atoms. The zero-order valence-electron chi connectivity index (χ0n) is 10.6. The lowest BCUT2D eigenvalue weighted by molar-refractivity contribution is -0.125. The van der Waals surface area contributed by atoms with E-state index in [1.807, 2.05) is 25.1 Å². The smallest absolute Gasteiger partial charge is 0.237 e. The van der Waals surface area contributed by atoms with E-state index in [9.17, 15) is 4.79 Å². The number of nitrogens with zero attached hydrogens (tertiary/aromatic N) is 1. The average molecular weight is 249 g/mol. The molecule has 1 heterocycles. The number of hydrogen-bond acceptors (Lipinski definition) is 4. The summed E-state index contributed by atoms with van der Waals surface area (Å²) in [6.07, 6.45) is 0. The summed E-state index contributed by atoms with van der Waals surface area (Å²) < 4.78 is 5.68. The maximum atomic E-state index is 11.4. The van der Waals surface area contributed by atoms with E-state index in [1.54, 1.807) is 0 Å². The number of fused-ring (bicyclic) bond motifs is 1. The molecule has 1 aromatic rings. The standard InChI is InChI=1S/C13H19N3O2/c1-10(13(17)15-14)8-16-6-7-18-12-5-3-2-4-11(12)9-16/h2-5,10H,6-9,14H2,1H3,(H,15,17). The van der Waals surface area contributed by atoms with Gasteiger partial charge in [-0.15, -0.1) is 0 Å². The number of ether oxygens (including phenoxy) is 1. The number of hydrazine groups is 1. The molecular formula is C13H19N3O2. The van der Waals surface area contributed by atoms with Gasteiger partial charge in [-0.05, 0) is 6.07 Å². The fourth-order valence-corrected chi connectivity index (χ4v) is 2.15. The Hall–Kier alpha value is -1.59. The normalized spacial score (nSPS) is 17.2. The molecule has 3 N–H and O–H groups in total. The van der Waals surface area contributed by atoms with Crippen LogP contribution >= 0.6 is 0 Å². The van der Waals surface area contributed by atoms with Gasteiger partial charge in [0.2, 0.25) is 5.91 Å². The molecule has 5 nitrogen and oxygen atoms in total. The molecule has 5 heteroatoms. The minimum atomic E-state index is -0.131. The fourth-order valence-electron chi connectivity index (χ4n) is 2.15. The highest BCUT2D eigenvalue weighted by Crippen LogP contribution is 2.22. The molecule has 18 heavy (non-hydrogen) atoms. The molecule has 1 aromatic carbocycles. The third-order valence-electron chi connectivity index (χ3n) is 3.15. The Kier molecular flexibility index (Phi) is 4.17. The fraction of sp³-hybridized carbons (Fsp3) is 0.462. The van der Waals surface area contributed by atoms with Crippen molar-refractivity contribution in [2.45, 2.75) is 13.5 Å². The average Bonchev–Trinajstić information content (AvgIpc) is 2.59. The van der Waals surface area contributed by atoms with Crippen molar-refractivity contribution in [3.05, 3.63) is 29.8 Å². The van der Waals surface area contributed by atoms with Crippen molar-refractivity contribution in [1.82, 2.24) is 10.3 Å². The van der Waals surface area contributed by atoms with E-state index < -0.39 is 0 Å². The molecule has 1 atom stereocenters. The second-order valence-electron chi connectivity index (χ2n) is 4.60. The first-order valence-corrected chi connectivity index (χ1v) is 6.14. The molecule has 1 aliphatic heterocycles. The summed E-state index contributed by atoms with van der Waals surface area (Å²) in [7, 11) is 0. The molecule has 0 aromatic heterocycles. The molecule has 0 saturated heterocycles. The zero-order chi connectivity index (χ0) is 13.0. The quantitative estimate of drug-likeness (QED) is 0.465. The van der Waals surface area contributed by atoms with E-state index in [1.165, 1.54) is 0 Å². The van der Waals surface area contributed by atoms with Gasteiger partial charge in [0, 0.05) is 31.1 Å². The Morgan fingerprint density at radius 1 is 1.56 bits per heavy atom. The number of hydrogen-bond donors (Lipinski definition) is 2. The SMILES string of the molecule is CC(CN1CCOc2ccccc2C1)C(=O)NN. The van der Waals surface area contributed by atoms with Crippen molar-refractivity contribution >= 4 is 5.91 Å². The topological polar surface area (TPSA) is 67.6 Å². The number of carbonyl (C=O) groups excluding carboxylic acids is 1. The highest BCUT2D eigenvalue weighted by atomic mass is 16.5. The summed E-state index contributed by atoms with van der Waals surface area (Å²) >= 11 is 0. The maximum Gasteiger partial charge on any atom is 0.237 e. The predicted octanol–water partition coefficient (Wildman–Crippen LogP) is 0.507. The molecular weight excluding hydrogens is 230 g/mol. The monoisotopic (exact) mass is 249 g/mol. The highest BCUT2D eigenvalue weighted by Gasteiger charge is 2.19. The lowest BCUT2D eigenvalue weighted by atomic mass is 10.1. The third kappa shape index (κ3) is 3.00. The van der Waals surface area contributed by atoms with E-state index in [2.05, 4.69) is 16.4 Å². The van der Waals surface area contributed by atoms with Gasteiger partial charge >= 0.3 is 0 Å². The van der Waals surface area contributed by atoms with Gasteiger partial charge in [0.1, 0.15) is 12.4 Å². The van der Waals surface area contributed by atoms with E-state index in [0.29, 0.717) is 13.2 Å². The van der Waals surface area contributed by atoms with E-state index in [0.717, 1.165) is 24.4 Å². The Morgan fingerprint density at radius 2 is 2.33 bits per heavy atom. The number of carbonyl (C=O) groups is 1. The number of amides is 1. The first-order chi connectivity index (χ1) is 8.70. The first-order valence-electron chi connectivity index (χ1n) is 6.14. The number of nitrogens with one attached hydrogen (secondary N) is 1. The summed E-state index contributed by atoms with van der Waals surface area (Å²) in [5.41, 5.74) is 3.35. The second kappa shape index (κ2) is 5.84. The molecule has 0 radical (unpaired) electrons. The van der Waals surface area contributed by atoms with Crippen molar-refractivity contribution in [1.29, 1.82) is 0 Å².